The van der Waals surface area contributed by atoms with E-state index < -0.39 is 5.82 Å². The topological polar surface area (TPSA) is 60.9 Å². The van der Waals surface area contributed by atoms with Crippen LogP contribution < -0.4 is 4.90 Å². The number of anilines is 1. The van der Waals surface area contributed by atoms with Gasteiger partial charge in [0.15, 0.2) is 0 Å². The van der Waals surface area contributed by atoms with E-state index in [-0.39, 0.29) is 30.4 Å². The second-order valence-electron chi connectivity index (χ2n) is 7.46. The largest absolute Gasteiger partial charge is 0.338 e. The van der Waals surface area contributed by atoms with Gasteiger partial charge in [-0.15, -0.1) is 0 Å². The molecule has 0 bridgehead atoms. The molecule has 0 spiro atoms. The number of benzene rings is 2. The third kappa shape index (κ3) is 3.60. The maximum atomic E-state index is 13.8. The van der Waals surface area contributed by atoms with E-state index in [1.54, 1.807) is 53.1 Å². The molecule has 6 nitrogen and oxygen atoms in total. The zero-order chi connectivity index (χ0) is 20.5. The summed E-state index contributed by atoms with van der Waals surface area (Å²) in [4.78, 5) is 42.4. The summed E-state index contributed by atoms with van der Waals surface area (Å²) in [5.74, 6) is -0.847. The first-order valence-corrected chi connectivity index (χ1v) is 9.70. The van der Waals surface area contributed by atoms with Crippen molar-refractivity contribution in [2.24, 2.45) is 0 Å². The van der Waals surface area contributed by atoms with Crippen molar-refractivity contribution in [1.29, 1.82) is 0 Å². The van der Waals surface area contributed by atoms with Crippen molar-refractivity contribution in [3.05, 3.63) is 65.5 Å². The summed E-state index contributed by atoms with van der Waals surface area (Å²) >= 11 is 0. The van der Waals surface area contributed by atoms with Crippen molar-refractivity contribution in [1.82, 2.24) is 9.80 Å². The molecule has 0 unspecified atom stereocenters. The maximum absolute atomic E-state index is 13.8. The summed E-state index contributed by atoms with van der Waals surface area (Å²) in [6, 6.07) is 13.0. The Morgan fingerprint density at radius 1 is 1.03 bits per heavy atom. The lowest BCUT2D eigenvalue weighted by molar-refractivity contribution is -0.116. The van der Waals surface area contributed by atoms with Gasteiger partial charge in [-0.1, -0.05) is 24.3 Å². The quantitative estimate of drug-likeness (QED) is 0.750. The van der Waals surface area contributed by atoms with Crippen LogP contribution in [0.3, 0.4) is 0 Å². The Hall–Kier alpha value is -3.22. The van der Waals surface area contributed by atoms with Crippen LogP contribution in [0.15, 0.2) is 48.5 Å². The summed E-state index contributed by atoms with van der Waals surface area (Å²) in [7, 11) is 0. The zero-order valence-electron chi connectivity index (χ0n) is 16.2. The highest BCUT2D eigenvalue weighted by Crippen LogP contribution is 2.26. The number of rotatable bonds is 3. The lowest BCUT2D eigenvalue weighted by Crippen LogP contribution is -2.48. The molecular weight excluding hydrogens is 373 g/mol. The number of carbonyl (C=O) groups excluding carboxylic acids is 3. The number of nitrogens with zero attached hydrogens (tertiary/aromatic N) is 3. The van der Waals surface area contributed by atoms with E-state index in [4.69, 9.17) is 0 Å². The molecule has 150 valence electrons. The van der Waals surface area contributed by atoms with Crippen molar-refractivity contribution in [3.63, 3.8) is 0 Å². The van der Waals surface area contributed by atoms with E-state index >= 15 is 0 Å². The second-order valence-corrected chi connectivity index (χ2v) is 7.46. The van der Waals surface area contributed by atoms with E-state index in [1.165, 1.54) is 11.0 Å². The van der Waals surface area contributed by atoms with E-state index in [9.17, 15) is 18.8 Å². The Morgan fingerprint density at radius 3 is 2.38 bits per heavy atom. The molecule has 2 aliphatic rings. The highest BCUT2D eigenvalue weighted by Gasteiger charge is 2.41. The molecule has 2 aromatic carbocycles. The molecule has 0 aromatic heterocycles. The van der Waals surface area contributed by atoms with Crippen molar-refractivity contribution >= 4 is 23.5 Å². The third-order valence-corrected chi connectivity index (χ3v) is 5.62. The van der Waals surface area contributed by atoms with E-state index in [2.05, 4.69) is 0 Å². The van der Waals surface area contributed by atoms with Crippen LogP contribution in [0.4, 0.5) is 14.9 Å². The average molecular weight is 395 g/mol. The van der Waals surface area contributed by atoms with E-state index in [0.717, 1.165) is 0 Å². The van der Waals surface area contributed by atoms with E-state index in [1.807, 2.05) is 6.07 Å². The average Bonchev–Trinajstić information content (AvgIpc) is 3.04. The molecule has 0 aliphatic carbocycles. The first-order chi connectivity index (χ1) is 14.0. The number of hydrogen-bond acceptors (Lipinski definition) is 3. The summed E-state index contributed by atoms with van der Waals surface area (Å²) in [5, 5.41) is 0. The van der Waals surface area contributed by atoms with E-state index in [0.29, 0.717) is 42.7 Å². The number of amides is 4. The number of imide groups is 1. The third-order valence-electron chi connectivity index (χ3n) is 5.62. The molecule has 2 saturated heterocycles. The van der Waals surface area contributed by atoms with Crippen molar-refractivity contribution in [2.45, 2.75) is 25.8 Å². The van der Waals surface area contributed by atoms with Crippen LogP contribution in [-0.2, 0) is 4.79 Å². The lowest BCUT2D eigenvalue weighted by atomic mass is 10.0. The molecule has 4 rings (SSSR count). The smallest absolute Gasteiger partial charge is 0.332 e. The summed E-state index contributed by atoms with van der Waals surface area (Å²) in [6.07, 6.45) is 1.17. The molecule has 0 atom stereocenters. The fourth-order valence-corrected chi connectivity index (χ4v) is 3.93. The Balaban J connectivity index is 1.41. The molecule has 0 radical (unpaired) electrons. The number of urea groups is 1. The number of para-hydroxylation sites is 1. The van der Waals surface area contributed by atoms with Gasteiger partial charge in [0, 0.05) is 24.7 Å². The SMILES string of the molecule is Cc1ccc(C(=O)N2CCC(N3CC(=O)N(c4ccccc4)C3=O)CC2)cc1F. The van der Waals surface area contributed by atoms with Crippen LogP contribution in [0.2, 0.25) is 0 Å². The minimum absolute atomic E-state index is 0.0511. The number of likely N-dealkylation sites (tertiary alicyclic amines) is 1. The molecule has 29 heavy (non-hydrogen) atoms. The Morgan fingerprint density at radius 2 is 1.72 bits per heavy atom. The molecule has 0 saturated carbocycles. The minimum atomic E-state index is -0.395. The number of aryl methyl sites for hydroxylation is 1. The molecule has 0 N–H and O–H groups in total. The van der Waals surface area contributed by atoms with Gasteiger partial charge in [0.25, 0.3) is 11.8 Å². The normalized spacial score (nSPS) is 17.9. The standard InChI is InChI=1S/C22H22FN3O3/c1-15-7-8-16(13-19(15)23)21(28)24-11-9-17(10-12-24)25-14-20(27)26(22(25)29)18-5-3-2-4-6-18/h2-8,13,17H,9-12,14H2,1H3. The fourth-order valence-electron chi connectivity index (χ4n) is 3.93. The number of hydrogen-bond donors (Lipinski definition) is 0. The van der Waals surface area contributed by atoms with Crippen LogP contribution in [0.5, 0.6) is 0 Å². The van der Waals surface area contributed by atoms with Crippen LogP contribution in [0.25, 0.3) is 0 Å². The molecule has 2 aliphatic heterocycles. The Kier molecular flexibility index (Phi) is 5.05. The summed E-state index contributed by atoms with van der Waals surface area (Å²) < 4.78 is 13.8. The number of piperidine rings is 1. The highest BCUT2D eigenvalue weighted by molar-refractivity contribution is 6.19. The van der Waals surface area contributed by atoms with Crippen LogP contribution in [0.1, 0.15) is 28.8 Å². The Labute approximate surface area is 168 Å². The highest BCUT2D eigenvalue weighted by atomic mass is 19.1. The van der Waals surface area contributed by atoms with Crippen LogP contribution in [-0.4, -0.2) is 53.3 Å². The number of carbonyl (C=O) groups is 3. The fraction of sp³-hybridized carbons (Fsp3) is 0.318. The van der Waals surface area contributed by atoms with Gasteiger partial charge in [0.05, 0.1) is 5.69 Å². The van der Waals surface area contributed by atoms with Gasteiger partial charge in [-0.3, -0.25) is 9.59 Å². The Bertz CT molecular complexity index is 955. The lowest BCUT2D eigenvalue weighted by Gasteiger charge is -2.36. The number of halogens is 1. The first-order valence-electron chi connectivity index (χ1n) is 9.70. The van der Waals surface area contributed by atoms with Crippen LogP contribution >= 0.6 is 0 Å². The summed E-state index contributed by atoms with van der Waals surface area (Å²) in [6.45, 7) is 2.63. The molecule has 2 fully saturated rings. The maximum Gasteiger partial charge on any atom is 0.332 e. The predicted octanol–water partition coefficient (Wildman–Crippen LogP) is 3.21. The minimum Gasteiger partial charge on any atom is -0.338 e. The molecule has 7 heteroatoms. The molecule has 2 heterocycles. The van der Waals surface area contributed by atoms with Gasteiger partial charge in [0.2, 0.25) is 0 Å². The van der Waals surface area contributed by atoms with Gasteiger partial charge in [-0.25, -0.2) is 14.1 Å². The monoisotopic (exact) mass is 395 g/mol. The van der Waals surface area contributed by atoms with Gasteiger partial charge in [-0.2, -0.15) is 0 Å². The molecule has 4 amide bonds. The van der Waals surface area contributed by atoms with Crippen molar-refractivity contribution in [3.8, 4) is 0 Å². The molecule has 2 aromatic rings. The summed E-state index contributed by atoms with van der Waals surface area (Å²) in [5.41, 5.74) is 1.40. The van der Waals surface area contributed by atoms with Gasteiger partial charge in [0.1, 0.15) is 12.4 Å². The van der Waals surface area contributed by atoms with Crippen molar-refractivity contribution < 1.29 is 18.8 Å². The van der Waals surface area contributed by atoms with Crippen LogP contribution in [0, 0.1) is 12.7 Å². The van der Waals surface area contributed by atoms with Crippen molar-refractivity contribution in [2.75, 3.05) is 24.5 Å². The van der Waals surface area contributed by atoms with Gasteiger partial charge in [-0.05, 0) is 49.6 Å². The van der Waals surface area contributed by atoms with Gasteiger partial charge < -0.3 is 9.80 Å². The second kappa shape index (κ2) is 7.66. The predicted molar refractivity (Wildman–Crippen MR) is 106 cm³/mol. The zero-order valence-corrected chi connectivity index (χ0v) is 16.2. The first kappa shape index (κ1) is 19.1. The van der Waals surface area contributed by atoms with Gasteiger partial charge >= 0.3 is 6.03 Å². The molecular formula is C22H22FN3O3.